The summed E-state index contributed by atoms with van der Waals surface area (Å²) in [6.45, 7) is 3.95. The standard InChI is InChI=1S/C14H20N2O4/c1-3-14(18,4-2)10-15-13(17)9-11-5-7-12(8-6-11)16(19)20/h5-8,18H,3-4,9-10H2,1-2H3,(H,15,17). The molecule has 0 aliphatic heterocycles. The van der Waals surface area contributed by atoms with Gasteiger partial charge in [-0.2, -0.15) is 0 Å². The Labute approximate surface area is 118 Å². The lowest BCUT2D eigenvalue weighted by molar-refractivity contribution is -0.384. The van der Waals surface area contributed by atoms with Gasteiger partial charge >= 0.3 is 0 Å². The highest BCUT2D eigenvalue weighted by Crippen LogP contribution is 2.14. The highest BCUT2D eigenvalue weighted by atomic mass is 16.6. The van der Waals surface area contributed by atoms with E-state index in [-0.39, 0.29) is 24.6 Å². The summed E-state index contributed by atoms with van der Waals surface area (Å²) in [6, 6.07) is 5.86. The molecule has 0 saturated heterocycles. The molecular formula is C14H20N2O4. The fourth-order valence-electron chi connectivity index (χ4n) is 1.75. The van der Waals surface area contributed by atoms with E-state index < -0.39 is 10.5 Å². The van der Waals surface area contributed by atoms with E-state index >= 15 is 0 Å². The molecule has 0 heterocycles. The van der Waals surface area contributed by atoms with Crippen LogP contribution in [0.4, 0.5) is 5.69 Å². The van der Waals surface area contributed by atoms with Crippen molar-refractivity contribution in [3.63, 3.8) is 0 Å². The smallest absolute Gasteiger partial charge is 0.269 e. The van der Waals surface area contributed by atoms with Crippen molar-refractivity contribution in [2.75, 3.05) is 6.54 Å². The zero-order valence-electron chi connectivity index (χ0n) is 11.8. The maximum Gasteiger partial charge on any atom is 0.269 e. The van der Waals surface area contributed by atoms with Crippen LogP contribution in [0.25, 0.3) is 0 Å². The van der Waals surface area contributed by atoms with Crippen LogP contribution in [0.3, 0.4) is 0 Å². The summed E-state index contributed by atoms with van der Waals surface area (Å²) >= 11 is 0. The third kappa shape index (κ3) is 4.62. The van der Waals surface area contributed by atoms with Crippen LogP contribution in [0.15, 0.2) is 24.3 Å². The van der Waals surface area contributed by atoms with E-state index in [1.807, 2.05) is 13.8 Å². The van der Waals surface area contributed by atoms with E-state index in [1.54, 1.807) is 12.1 Å². The summed E-state index contributed by atoms with van der Waals surface area (Å²) in [5.41, 5.74) is -0.171. The molecule has 0 aliphatic carbocycles. The molecule has 0 saturated carbocycles. The molecule has 1 aromatic rings. The van der Waals surface area contributed by atoms with Crippen LogP contribution >= 0.6 is 0 Å². The van der Waals surface area contributed by atoms with Crippen LogP contribution in [-0.2, 0) is 11.2 Å². The zero-order chi connectivity index (χ0) is 15.2. The van der Waals surface area contributed by atoms with Crippen LogP contribution in [0.2, 0.25) is 0 Å². The SMILES string of the molecule is CCC(O)(CC)CNC(=O)Cc1ccc([N+](=O)[O-])cc1. The van der Waals surface area contributed by atoms with Crippen LogP contribution in [0, 0.1) is 10.1 Å². The number of non-ortho nitro benzene ring substituents is 1. The Hall–Kier alpha value is -1.95. The molecule has 1 rings (SSSR count). The van der Waals surface area contributed by atoms with Crippen molar-refractivity contribution < 1.29 is 14.8 Å². The monoisotopic (exact) mass is 280 g/mol. The molecule has 20 heavy (non-hydrogen) atoms. The van der Waals surface area contributed by atoms with E-state index in [9.17, 15) is 20.0 Å². The number of rotatable bonds is 7. The van der Waals surface area contributed by atoms with Gasteiger partial charge in [-0.15, -0.1) is 0 Å². The number of hydrogen-bond acceptors (Lipinski definition) is 4. The maximum absolute atomic E-state index is 11.8. The molecule has 0 radical (unpaired) electrons. The van der Waals surface area contributed by atoms with Crippen molar-refractivity contribution in [2.45, 2.75) is 38.7 Å². The fraction of sp³-hybridized carbons (Fsp3) is 0.500. The molecule has 2 N–H and O–H groups in total. The number of hydrogen-bond donors (Lipinski definition) is 2. The number of nitrogens with one attached hydrogen (secondary N) is 1. The number of amides is 1. The average Bonchev–Trinajstić information content (AvgIpc) is 2.45. The molecule has 6 heteroatoms. The van der Waals surface area contributed by atoms with Crippen molar-refractivity contribution >= 4 is 11.6 Å². The summed E-state index contributed by atoms with van der Waals surface area (Å²) in [4.78, 5) is 21.8. The molecule has 0 spiro atoms. The highest BCUT2D eigenvalue weighted by Gasteiger charge is 2.22. The van der Waals surface area contributed by atoms with Crippen LogP contribution in [0.1, 0.15) is 32.3 Å². The van der Waals surface area contributed by atoms with Gasteiger partial charge in [0.15, 0.2) is 0 Å². The van der Waals surface area contributed by atoms with Gasteiger partial charge in [-0.3, -0.25) is 14.9 Å². The Morgan fingerprint density at radius 2 is 1.85 bits per heavy atom. The topological polar surface area (TPSA) is 92.5 Å². The lowest BCUT2D eigenvalue weighted by Crippen LogP contribution is -2.42. The van der Waals surface area contributed by atoms with E-state index in [2.05, 4.69) is 5.32 Å². The van der Waals surface area contributed by atoms with Gasteiger partial charge in [-0.1, -0.05) is 26.0 Å². The Bertz CT molecular complexity index is 467. The third-order valence-electron chi connectivity index (χ3n) is 3.44. The number of carbonyl (C=O) groups excluding carboxylic acids is 1. The second-order valence-electron chi connectivity index (χ2n) is 4.81. The first-order valence-electron chi connectivity index (χ1n) is 6.62. The maximum atomic E-state index is 11.8. The third-order valence-corrected chi connectivity index (χ3v) is 3.44. The summed E-state index contributed by atoms with van der Waals surface area (Å²) in [5.74, 6) is -0.209. The minimum absolute atomic E-state index is 0.000462. The molecule has 6 nitrogen and oxygen atoms in total. The molecule has 110 valence electrons. The summed E-state index contributed by atoms with van der Waals surface area (Å²) in [5, 5.41) is 23.3. The van der Waals surface area contributed by atoms with E-state index in [0.29, 0.717) is 18.4 Å². The highest BCUT2D eigenvalue weighted by molar-refractivity contribution is 5.78. The quantitative estimate of drug-likeness (QED) is 0.588. The minimum Gasteiger partial charge on any atom is -0.388 e. The second-order valence-corrected chi connectivity index (χ2v) is 4.81. The van der Waals surface area contributed by atoms with Gasteiger partial charge in [0.1, 0.15) is 0 Å². The van der Waals surface area contributed by atoms with Gasteiger partial charge in [-0.05, 0) is 18.4 Å². The van der Waals surface area contributed by atoms with Crippen molar-refractivity contribution in [1.82, 2.24) is 5.32 Å². The molecule has 0 fully saturated rings. The van der Waals surface area contributed by atoms with Gasteiger partial charge in [0.2, 0.25) is 5.91 Å². The van der Waals surface area contributed by atoms with Gasteiger partial charge in [-0.25, -0.2) is 0 Å². The van der Waals surface area contributed by atoms with Gasteiger partial charge in [0, 0.05) is 18.7 Å². The lowest BCUT2D eigenvalue weighted by atomic mass is 9.97. The van der Waals surface area contributed by atoms with Crippen molar-refractivity contribution in [1.29, 1.82) is 0 Å². The summed E-state index contributed by atoms with van der Waals surface area (Å²) in [6.07, 6.45) is 1.28. The number of benzene rings is 1. The van der Waals surface area contributed by atoms with Gasteiger partial charge in [0.25, 0.3) is 5.69 Å². The first-order chi connectivity index (χ1) is 9.40. The van der Waals surface area contributed by atoms with E-state index in [1.165, 1.54) is 12.1 Å². The molecule has 0 bridgehead atoms. The first-order valence-corrected chi connectivity index (χ1v) is 6.62. The van der Waals surface area contributed by atoms with Gasteiger partial charge in [0.05, 0.1) is 16.9 Å². The molecule has 0 aromatic heterocycles. The van der Waals surface area contributed by atoms with Crippen LogP contribution < -0.4 is 5.32 Å². The Morgan fingerprint density at radius 3 is 2.30 bits per heavy atom. The molecular weight excluding hydrogens is 260 g/mol. The normalized spacial score (nSPS) is 11.2. The number of nitrogens with zero attached hydrogens (tertiary/aromatic N) is 1. The fourth-order valence-corrected chi connectivity index (χ4v) is 1.75. The van der Waals surface area contributed by atoms with Crippen molar-refractivity contribution in [3.05, 3.63) is 39.9 Å². The lowest BCUT2D eigenvalue weighted by Gasteiger charge is -2.25. The van der Waals surface area contributed by atoms with E-state index in [0.717, 1.165) is 0 Å². The molecule has 0 aliphatic rings. The van der Waals surface area contributed by atoms with Crippen LogP contribution in [0.5, 0.6) is 0 Å². The van der Waals surface area contributed by atoms with Crippen LogP contribution in [-0.4, -0.2) is 28.1 Å². The second kappa shape index (κ2) is 7.00. The summed E-state index contributed by atoms with van der Waals surface area (Å²) in [7, 11) is 0. The number of carbonyl (C=O) groups is 1. The Kier molecular flexibility index (Phi) is 5.64. The first kappa shape index (κ1) is 16.1. The molecule has 1 amide bonds. The zero-order valence-corrected chi connectivity index (χ0v) is 11.8. The van der Waals surface area contributed by atoms with Crippen molar-refractivity contribution in [3.8, 4) is 0 Å². The Morgan fingerprint density at radius 1 is 1.30 bits per heavy atom. The predicted molar refractivity (Wildman–Crippen MR) is 75.3 cm³/mol. The predicted octanol–water partition coefficient (Wildman–Crippen LogP) is 1.80. The summed E-state index contributed by atoms with van der Waals surface area (Å²) < 4.78 is 0. The Balaban J connectivity index is 2.52. The molecule has 0 unspecified atom stereocenters. The average molecular weight is 280 g/mol. The molecule has 1 aromatic carbocycles. The molecule has 0 atom stereocenters. The largest absolute Gasteiger partial charge is 0.388 e. The van der Waals surface area contributed by atoms with Gasteiger partial charge < -0.3 is 10.4 Å². The number of nitro benzene ring substituents is 1. The van der Waals surface area contributed by atoms with Crippen molar-refractivity contribution in [2.24, 2.45) is 0 Å². The van der Waals surface area contributed by atoms with E-state index in [4.69, 9.17) is 0 Å². The number of aliphatic hydroxyl groups is 1. The minimum atomic E-state index is -0.870. The number of nitro groups is 1.